The predicted octanol–water partition coefficient (Wildman–Crippen LogP) is 3.67. The quantitative estimate of drug-likeness (QED) is 0.177. The first-order chi connectivity index (χ1) is 20.9. The van der Waals surface area contributed by atoms with Crippen LogP contribution in [0.25, 0.3) is 0 Å². The van der Waals surface area contributed by atoms with Gasteiger partial charge in [0.15, 0.2) is 0 Å². The van der Waals surface area contributed by atoms with E-state index < -0.39 is 60.2 Å². The van der Waals surface area contributed by atoms with Crippen LogP contribution in [0.1, 0.15) is 106 Å². The van der Waals surface area contributed by atoms with E-state index in [0.29, 0.717) is 25.2 Å². The zero-order valence-corrected chi connectivity index (χ0v) is 28.0. The third-order valence-corrected chi connectivity index (χ3v) is 15.1. The SMILES string of the molecule is CC1(C)CC[C@]2(C(=O)O[C@H]3O[C@H](CO)[C@@H](O)[C@H](O)[C@H]3O)CC[C@]3(C)C(=CC[C@@H]4[C@@]5(C)CC[C@H](O)[C@@](C)(C=O)[C@@H]5CC[C@]43C)[C@@H]2C1. The molecule has 0 aromatic heterocycles. The summed E-state index contributed by atoms with van der Waals surface area (Å²) in [6, 6.07) is 0. The van der Waals surface area contributed by atoms with Crippen LogP contribution in [-0.4, -0.2) is 81.2 Å². The molecule has 1 heterocycles. The highest BCUT2D eigenvalue weighted by molar-refractivity contribution is 5.79. The van der Waals surface area contributed by atoms with Crippen LogP contribution < -0.4 is 0 Å². The van der Waals surface area contributed by atoms with E-state index in [0.717, 1.165) is 51.2 Å². The number of rotatable bonds is 4. The first-order valence-corrected chi connectivity index (χ1v) is 17.3. The Hall–Kier alpha value is -1.36. The molecule has 4 saturated carbocycles. The number of aliphatic hydroxyl groups is 5. The highest BCUT2D eigenvalue weighted by Crippen LogP contribution is 2.75. The van der Waals surface area contributed by atoms with Gasteiger partial charge in [0.25, 0.3) is 0 Å². The Morgan fingerprint density at radius 3 is 2.27 bits per heavy atom. The fourth-order valence-electron chi connectivity index (χ4n) is 11.9. The summed E-state index contributed by atoms with van der Waals surface area (Å²) >= 11 is 0. The number of hydrogen-bond donors (Lipinski definition) is 5. The Kier molecular flexibility index (Phi) is 8.07. The molecule has 14 atom stereocenters. The number of carbonyl (C=O) groups is 2. The van der Waals surface area contributed by atoms with Gasteiger partial charge >= 0.3 is 5.97 Å². The minimum atomic E-state index is -1.63. The second-order valence-electron chi connectivity index (χ2n) is 17.5. The molecule has 0 aromatic rings. The van der Waals surface area contributed by atoms with Gasteiger partial charge in [-0.1, -0.05) is 53.2 Å². The Morgan fingerprint density at radius 2 is 1.60 bits per heavy atom. The summed E-state index contributed by atoms with van der Waals surface area (Å²) in [6.45, 7) is 13.1. The number of ether oxygens (including phenoxy) is 2. The summed E-state index contributed by atoms with van der Waals surface area (Å²) in [5.41, 5.74) is -0.510. The Labute approximate surface area is 267 Å². The fraction of sp³-hybridized carbons (Fsp3) is 0.889. The fourth-order valence-corrected chi connectivity index (χ4v) is 11.9. The lowest BCUT2D eigenvalue weighted by atomic mass is 9.33. The van der Waals surface area contributed by atoms with Gasteiger partial charge in [-0.25, -0.2) is 0 Å². The van der Waals surface area contributed by atoms with Crippen LogP contribution in [0.4, 0.5) is 0 Å². The molecule has 0 bridgehead atoms. The average Bonchev–Trinajstić information content (AvgIpc) is 2.99. The normalized spacial score (nSPS) is 53.9. The maximum atomic E-state index is 14.4. The monoisotopic (exact) mass is 632 g/mol. The van der Waals surface area contributed by atoms with E-state index in [1.807, 2.05) is 6.92 Å². The minimum absolute atomic E-state index is 0.0172. The molecule has 254 valence electrons. The molecule has 5 aliphatic carbocycles. The van der Waals surface area contributed by atoms with E-state index in [1.54, 1.807) is 0 Å². The van der Waals surface area contributed by atoms with Crippen LogP contribution in [0.3, 0.4) is 0 Å². The standard InChI is InChI=1S/C36H56O9/c1-31(2)13-15-36(30(43)45-29-28(42)27(41)26(40)22(18-37)44-29)16-14-34(5)20(21(36)17-31)7-8-24-32(3)11-10-25(39)33(4,19-38)23(32)9-12-35(24,34)6/h7,19,21-29,37,39-42H,8-18H2,1-6H3/t21-,22+,23+,24+,25-,26+,27-,28+,29+,32-,33-,34+,35+,36-/m0/s1. The first kappa shape index (κ1) is 33.5. The molecule has 0 radical (unpaired) electrons. The second kappa shape index (κ2) is 10.8. The van der Waals surface area contributed by atoms with E-state index >= 15 is 0 Å². The number of carbonyl (C=O) groups excluding carboxylic acids is 2. The summed E-state index contributed by atoms with van der Waals surface area (Å²) in [5, 5.41) is 52.0. The number of fused-ring (bicyclic) bond motifs is 7. The molecule has 0 unspecified atom stereocenters. The number of aldehydes is 1. The Balaban J connectivity index is 1.36. The predicted molar refractivity (Wildman–Crippen MR) is 165 cm³/mol. The number of esters is 1. The highest BCUT2D eigenvalue weighted by Gasteiger charge is 2.70. The third kappa shape index (κ3) is 4.53. The first-order valence-electron chi connectivity index (χ1n) is 17.3. The molecule has 9 heteroatoms. The van der Waals surface area contributed by atoms with Gasteiger partial charge in [-0.3, -0.25) is 4.79 Å². The van der Waals surface area contributed by atoms with Gasteiger partial charge in [-0.05, 0) is 104 Å². The minimum Gasteiger partial charge on any atom is -0.432 e. The molecule has 1 aliphatic heterocycles. The lowest BCUT2D eigenvalue weighted by Gasteiger charge is -2.71. The van der Waals surface area contributed by atoms with Gasteiger partial charge in [-0.2, -0.15) is 0 Å². The number of allylic oxidation sites excluding steroid dienone is 2. The summed E-state index contributed by atoms with van der Waals surface area (Å²) < 4.78 is 11.5. The van der Waals surface area contributed by atoms with Crippen molar-refractivity contribution >= 4 is 12.3 Å². The van der Waals surface area contributed by atoms with Crippen molar-refractivity contribution in [3.63, 3.8) is 0 Å². The van der Waals surface area contributed by atoms with Crippen LogP contribution in [0.5, 0.6) is 0 Å². The number of hydrogen-bond acceptors (Lipinski definition) is 9. The molecule has 9 nitrogen and oxygen atoms in total. The van der Waals surface area contributed by atoms with Crippen LogP contribution in [0.2, 0.25) is 0 Å². The molecule has 45 heavy (non-hydrogen) atoms. The zero-order valence-electron chi connectivity index (χ0n) is 28.0. The molecule has 0 spiro atoms. The smallest absolute Gasteiger partial charge is 0.315 e. The van der Waals surface area contributed by atoms with Gasteiger partial charge in [0.05, 0.1) is 23.5 Å². The lowest BCUT2D eigenvalue weighted by Crippen LogP contribution is -2.66. The third-order valence-electron chi connectivity index (χ3n) is 15.1. The van der Waals surface area contributed by atoms with Crippen molar-refractivity contribution in [3.8, 4) is 0 Å². The van der Waals surface area contributed by atoms with E-state index in [4.69, 9.17) is 9.47 Å². The van der Waals surface area contributed by atoms with Gasteiger partial charge in [0.1, 0.15) is 30.7 Å². The van der Waals surface area contributed by atoms with Crippen molar-refractivity contribution in [2.75, 3.05) is 6.61 Å². The summed E-state index contributed by atoms with van der Waals surface area (Å²) in [7, 11) is 0. The second-order valence-corrected chi connectivity index (χ2v) is 17.5. The van der Waals surface area contributed by atoms with Crippen molar-refractivity contribution in [2.45, 2.75) is 143 Å². The topological polar surface area (TPSA) is 154 Å². The van der Waals surface area contributed by atoms with Crippen molar-refractivity contribution in [2.24, 2.45) is 50.2 Å². The zero-order chi connectivity index (χ0) is 33.0. The highest BCUT2D eigenvalue weighted by atomic mass is 16.7. The molecule has 5 fully saturated rings. The average molecular weight is 633 g/mol. The molecular weight excluding hydrogens is 576 g/mol. The molecular formula is C36H56O9. The molecule has 6 rings (SSSR count). The van der Waals surface area contributed by atoms with Crippen LogP contribution in [0.15, 0.2) is 11.6 Å². The summed E-state index contributed by atoms with van der Waals surface area (Å²) in [6.07, 6.45) is 3.43. The maximum absolute atomic E-state index is 14.4. The van der Waals surface area contributed by atoms with Gasteiger partial charge < -0.3 is 39.8 Å². The van der Waals surface area contributed by atoms with Crippen molar-refractivity contribution in [3.05, 3.63) is 11.6 Å². The van der Waals surface area contributed by atoms with Crippen LogP contribution in [-0.2, 0) is 19.1 Å². The molecule has 0 aromatic carbocycles. The van der Waals surface area contributed by atoms with Gasteiger partial charge in [-0.15, -0.1) is 0 Å². The molecule has 0 amide bonds. The van der Waals surface area contributed by atoms with E-state index in [9.17, 15) is 35.1 Å². The van der Waals surface area contributed by atoms with Gasteiger partial charge in [0.2, 0.25) is 6.29 Å². The van der Waals surface area contributed by atoms with Crippen LogP contribution in [0, 0.1) is 50.2 Å². The van der Waals surface area contributed by atoms with E-state index in [1.165, 1.54) is 5.57 Å². The maximum Gasteiger partial charge on any atom is 0.315 e. The molecule has 6 aliphatic rings. The Morgan fingerprint density at radius 1 is 0.911 bits per heavy atom. The van der Waals surface area contributed by atoms with Crippen molar-refractivity contribution in [1.29, 1.82) is 0 Å². The van der Waals surface area contributed by atoms with E-state index in [2.05, 4.69) is 40.7 Å². The van der Waals surface area contributed by atoms with Crippen molar-refractivity contribution < 1.29 is 44.6 Å². The molecule has 5 N–H and O–H groups in total. The number of aliphatic hydroxyl groups excluding tert-OH is 5. The van der Waals surface area contributed by atoms with Crippen molar-refractivity contribution in [1.82, 2.24) is 0 Å². The summed E-state index contributed by atoms with van der Waals surface area (Å²) in [4.78, 5) is 26.9. The Bertz CT molecular complexity index is 1230. The molecule has 1 saturated heterocycles. The van der Waals surface area contributed by atoms with Gasteiger partial charge in [0, 0.05) is 0 Å². The largest absolute Gasteiger partial charge is 0.432 e. The van der Waals surface area contributed by atoms with E-state index in [-0.39, 0.29) is 33.5 Å². The lowest BCUT2D eigenvalue weighted by molar-refractivity contribution is -0.297. The summed E-state index contributed by atoms with van der Waals surface area (Å²) in [5.74, 6) is -0.0440. The van der Waals surface area contributed by atoms with Crippen LogP contribution >= 0.6 is 0 Å².